The van der Waals surface area contributed by atoms with Gasteiger partial charge in [-0.05, 0) is 50.7 Å². The van der Waals surface area contributed by atoms with Crippen molar-refractivity contribution in [3.05, 3.63) is 53.7 Å². The minimum atomic E-state index is -3.70. The Morgan fingerprint density at radius 3 is 2.68 bits per heavy atom. The molecule has 1 unspecified atom stereocenters. The van der Waals surface area contributed by atoms with Crippen molar-refractivity contribution in [3.63, 3.8) is 0 Å². The summed E-state index contributed by atoms with van der Waals surface area (Å²) in [5.74, 6) is 1.87. The summed E-state index contributed by atoms with van der Waals surface area (Å²) in [5, 5.41) is 6.44. The zero-order valence-electron chi connectivity index (χ0n) is 21.7. The lowest BCUT2D eigenvalue weighted by Crippen LogP contribution is -2.24. The molecule has 12 heteroatoms. The molecule has 1 aliphatic rings. The first-order chi connectivity index (χ1) is 18.3. The number of benzene rings is 2. The summed E-state index contributed by atoms with van der Waals surface area (Å²) >= 11 is 6.35. The fraction of sp³-hybridized carbons (Fsp3) is 0.385. The van der Waals surface area contributed by atoms with Gasteiger partial charge >= 0.3 is 0 Å². The van der Waals surface area contributed by atoms with Crippen LogP contribution in [0.15, 0.2) is 53.6 Å². The zero-order chi connectivity index (χ0) is 27.1. The molecule has 4 rings (SSSR count). The summed E-state index contributed by atoms with van der Waals surface area (Å²) in [6.07, 6.45) is 3.43. The number of para-hydroxylation sites is 1. The fourth-order valence-corrected chi connectivity index (χ4v) is 5.09. The monoisotopic (exact) mass is 560 g/mol. The van der Waals surface area contributed by atoms with Gasteiger partial charge < -0.3 is 20.1 Å². The molecule has 2 aromatic carbocycles. The Hall–Kier alpha value is -3.12. The summed E-state index contributed by atoms with van der Waals surface area (Å²) in [6, 6.07) is 12.1. The second kappa shape index (κ2) is 12.6. The maximum Gasteiger partial charge on any atom is 0.242 e. The second-order valence-electron chi connectivity index (χ2n) is 8.77. The number of halogens is 1. The summed E-state index contributed by atoms with van der Waals surface area (Å²) in [6.45, 7) is 7.70. The minimum Gasteiger partial charge on any atom is -0.491 e. The summed E-state index contributed by atoms with van der Waals surface area (Å²) < 4.78 is 39.4. The number of hydrogen-bond acceptors (Lipinski definition) is 9. The predicted octanol–water partition coefficient (Wildman–Crippen LogP) is 4.79. The maximum absolute atomic E-state index is 12.4. The summed E-state index contributed by atoms with van der Waals surface area (Å²) in [7, 11) is -2.34. The largest absolute Gasteiger partial charge is 0.491 e. The topological polar surface area (TPSA) is 118 Å². The van der Waals surface area contributed by atoms with E-state index in [1.54, 1.807) is 18.2 Å². The Bertz CT molecular complexity index is 1360. The molecule has 204 valence electrons. The molecule has 3 N–H and O–H groups in total. The predicted molar refractivity (Wildman–Crippen MR) is 150 cm³/mol. The van der Waals surface area contributed by atoms with Crippen LogP contribution in [-0.4, -0.2) is 62.7 Å². The Morgan fingerprint density at radius 1 is 1.13 bits per heavy atom. The number of likely N-dealkylation sites (N-methyl/N-ethyl adjacent to an activating group) is 1. The van der Waals surface area contributed by atoms with E-state index in [0.717, 1.165) is 38.2 Å². The molecule has 0 spiro atoms. The number of sulfonamides is 1. The molecule has 10 nitrogen and oxygen atoms in total. The van der Waals surface area contributed by atoms with Gasteiger partial charge in [-0.1, -0.05) is 37.6 Å². The number of anilines is 4. The number of hydrogen-bond donors (Lipinski definition) is 3. The third-order valence-electron chi connectivity index (χ3n) is 6.08. The van der Waals surface area contributed by atoms with Gasteiger partial charge in [-0.3, -0.25) is 4.90 Å². The van der Waals surface area contributed by atoms with Crippen molar-refractivity contribution >= 4 is 44.8 Å². The third kappa shape index (κ3) is 6.84. The SMILES string of the molecule is CCCOc1cc(OC2CCN(CC)C2)ccc1Nc1ncc(Cl)c(Nc2ccccc2S(=O)(=O)NC)n1. The average Bonchev–Trinajstić information content (AvgIpc) is 3.38. The van der Waals surface area contributed by atoms with E-state index in [1.807, 2.05) is 25.1 Å². The van der Waals surface area contributed by atoms with Gasteiger partial charge in [0.25, 0.3) is 0 Å². The lowest BCUT2D eigenvalue weighted by molar-refractivity contribution is 0.201. The third-order valence-corrected chi connectivity index (χ3v) is 7.83. The average molecular weight is 561 g/mol. The molecule has 0 bridgehead atoms. The van der Waals surface area contributed by atoms with Crippen LogP contribution >= 0.6 is 11.6 Å². The summed E-state index contributed by atoms with van der Waals surface area (Å²) in [4.78, 5) is 11.2. The molecule has 1 saturated heterocycles. The number of likely N-dealkylation sites (tertiary alicyclic amines) is 1. The lowest BCUT2D eigenvalue weighted by atomic mass is 10.2. The normalized spacial score (nSPS) is 15.8. The highest BCUT2D eigenvalue weighted by Crippen LogP contribution is 2.34. The molecule has 1 aromatic heterocycles. The number of nitrogens with one attached hydrogen (secondary N) is 3. The van der Waals surface area contributed by atoms with Gasteiger partial charge in [-0.25, -0.2) is 18.1 Å². The maximum atomic E-state index is 12.4. The summed E-state index contributed by atoms with van der Waals surface area (Å²) in [5.41, 5.74) is 0.995. The number of aromatic nitrogens is 2. The fourth-order valence-electron chi connectivity index (χ4n) is 4.06. The van der Waals surface area contributed by atoms with E-state index in [2.05, 4.69) is 37.1 Å². The number of rotatable bonds is 12. The van der Waals surface area contributed by atoms with Crippen molar-refractivity contribution in [3.8, 4) is 11.5 Å². The van der Waals surface area contributed by atoms with E-state index in [-0.39, 0.29) is 27.8 Å². The van der Waals surface area contributed by atoms with Crippen LogP contribution in [0.25, 0.3) is 0 Å². The molecular weight excluding hydrogens is 528 g/mol. The Morgan fingerprint density at radius 2 is 1.95 bits per heavy atom. The molecule has 1 aliphatic heterocycles. The molecule has 3 aromatic rings. The van der Waals surface area contributed by atoms with Crippen LogP contribution in [0.5, 0.6) is 11.5 Å². The van der Waals surface area contributed by atoms with Crippen molar-refractivity contribution in [2.45, 2.75) is 37.7 Å². The van der Waals surface area contributed by atoms with Gasteiger partial charge in [0.1, 0.15) is 27.5 Å². The molecule has 0 aliphatic carbocycles. The van der Waals surface area contributed by atoms with Gasteiger partial charge in [0.05, 0.1) is 24.2 Å². The molecule has 38 heavy (non-hydrogen) atoms. The van der Waals surface area contributed by atoms with E-state index in [4.69, 9.17) is 21.1 Å². The van der Waals surface area contributed by atoms with Crippen LogP contribution in [0, 0.1) is 0 Å². The van der Waals surface area contributed by atoms with Crippen molar-refractivity contribution in [2.75, 3.05) is 43.9 Å². The molecule has 0 amide bonds. The highest BCUT2D eigenvalue weighted by atomic mass is 35.5. The molecular formula is C26H33ClN6O4S. The Balaban J connectivity index is 1.56. The highest BCUT2D eigenvalue weighted by molar-refractivity contribution is 7.89. The van der Waals surface area contributed by atoms with Crippen LogP contribution in [0.2, 0.25) is 5.02 Å². The molecule has 0 radical (unpaired) electrons. The van der Waals surface area contributed by atoms with Crippen LogP contribution in [0.3, 0.4) is 0 Å². The Kier molecular flexibility index (Phi) is 9.26. The van der Waals surface area contributed by atoms with Gasteiger partial charge in [-0.2, -0.15) is 4.98 Å². The van der Waals surface area contributed by atoms with Crippen LogP contribution < -0.4 is 24.8 Å². The molecule has 1 atom stereocenters. The highest BCUT2D eigenvalue weighted by Gasteiger charge is 2.23. The van der Waals surface area contributed by atoms with E-state index in [0.29, 0.717) is 23.7 Å². The number of ether oxygens (including phenoxy) is 2. The van der Waals surface area contributed by atoms with E-state index < -0.39 is 10.0 Å². The van der Waals surface area contributed by atoms with E-state index in [1.165, 1.54) is 19.3 Å². The molecule has 0 saturated carbocycles. The Labute approximate surface area is 228 Å². The van der Waals surface area contributed by atoms with E-state index >= 15 is 0 Å². The quantitative estimate of drug-likeness (QED) is 0.287. The van der Waals surface area contributed by atoms with Crippen LogP contribution in [0.1, 0.15) is 26.7 Å². The van der Waals surface area contributed by atoms with Crippen molar-refractivity contribution in [1.29, 1.82) is 0 Å². The first-order valence-electron chi connectivity index (χ1n) is 12.6. The van der Waals surface area contributed by atoms with E-state index in [9.17, 15) is 8.42 Å². The van der Waals surface area contributed by atoms with Gasteiger partial charge in [0, 0.05) is 19.2 Å². The van der Waals surface area contributed by atoms with Crippen molar-refractivity contribution in [2.24, 2.45) is 0 Å². The van der Waals surface area contributed by atoms with Crippen molar-refractivity contribution in [1.82, 2.24) is 19.6 Å². The van der Waals surface area contributed by atoms with Crippen LogP contribution in [-0.2, 0) is 10.0 Å². The van der Waals surface area contributed by atoms with Gasteiger partial charge in [-0.15, -0.1) is 0 Å². The van der Waals surface area contributed by atoms with Gasteiger partial charge in [0.15, 0.2) is 5.82 Å². The van der Waals surface area contributed by atoms with Crippen molar-refractivity contribution < 1.29 is 17.9 Å². The number of nitrogens with zero attached hydrogens (tertiary/aromatic N) is 3. The second-order valence-corrected chi connectivity index (χ2v) is 11.0. The van der Waals surface area contributed by atoms with Gasteiger partial charge in [0.2, 0.25) is 16.0 Å². The lowest BCUT2D eigenvalue weighted by Gasteiger charge is -2.18. The molecule has 2 heterocycles. The zero-order valence-corrected chi connectivity index (χ0v) is 23.3. The standard InChI is InChI=1S/C26H33ClN6O4S/c1-4-14-36-23-15-18(37-19-12-13-33(5-2)17-19)10-11-21(23)31-26-29-16-20(27)25(32-26)30-22-8-6-7-9-24(22)38(34,35)28-3/h6-11,15-16,19,28H,4-5,12-14,17H2,1-3H3,(H2,29,30,31,32). The first-order valence-corrected chi connectivity index (χ1v) is 14.4. The first kappa shape index (κ1) is 27.9. The smallest absolute Gasteiger partial charge is 0.242 e. The minimum absolute atomic E-state index is 0.0712. The van der Waals surface area contributed by atoms with Crippen LogP contribution in [0.4, 0.5) is 23.1 Å². The molecule has 1 fully saturated rings.